The SMILES string of the molecule is CC(=O)Oc1cccc(C)c1CC(=O)N=S(C)(=O)c1ccccn1. The van der Waals surface area contributed by atoms with Crippen LogP contribution in [0, 0.1) is 6.92 Å². The van der Waals surface area contributed by atoms with Gasteiger partial charge in [0.25, 0.3) is 5.91 Å². The normalized spacial score (nSPS) is 13.0. The van der Waals surface area contributed by atoms with Crippen LogP contribution in [0.4, 0.5) is 0 Å². The Morgan fingerprint density at radius 3 is 2.58 bits per heavy atom. The molecule has 0 aliphatic carbocycles. The summed E-state index contributed by atoms with van der Waals surface area (Å²) in [6.07, 6.45) is 2.77. The molecular weight excluding hydrogens is 328 g/mol. The van der Waals surface area contributed by atoms with Crippen LogP contribution >= 0.6 is 0 Å². The van der Waals surface area contributed by atoms with Gasteiger partial charge in [0.2, 0.25) is 0 Å². The number of pyridine rings is 1. The fraction of sp³-hybridized carbons (Fsp3) is 0.235. The van der Waals surface area contributed by atoms with Gasteiger partial charge in [-0.25, -0.2) is 9.19 Å². The first kappa shape index (κ1) is 17.8. The second-order valence-electron chi connectivity index (χ2n) is 5.28. The van der Waals surface area contributed by atoms with E-state index in [0.717, 1.165) is 5.56 Å². The number of carbonyl (C=O) groups excluding carboxylic acids is 2. The summed E-state index contributed by atoms with van der Waals surface area (Å²) in [5.74, 6) is -0.721. The Balaban J connectivity index is 2.32. The maximum atomic E-state index is 12.6. The number of esters is 1. The Morgan fingerprint density at radius 1 is 1.21 bits per heavy atom. The first-order chi connectivity index (χ1) is 11.3. The van der Waals surface area contributed by atoms with Crippen LogP contribution in [0.15, 0.2) is 52.0 Å². The van der Waals surface area contributed by atoms with Crippen molar-refractivity contribution >= 4 is 21.6 Å². The largest absolute Gasteiger partial charge is 0.426 e. The molecule has 24 heavy (non-hydrogen) atoms. The summed E-state index contributed by atoms with van der Waals surface area (Å²) in [5.41, 5.74) is 1.34. The molecule has 1 aromatic carbocycles. The fourth-order valence-electron chi connectivity index (χ4n) is 2.15. The van der Waals surface area contributed by atoms with Gasteiger partial charge >= 0.3 is 5.97 Å². The van der Waals surface area contributed by atoms with Gasteiger partial charge in [0.05, 0.1) is 16.1 Å². The van der Waals surface area contributed by atoms with Gasteiger partial charge in [-0.3, -0.25) is 9.59 Å². The molecule has 1 atom stereocenters. The highest BCUT2D eigenvalue weighted by molar-refractivity contribution is 7.93. The molecule has 0 fully saturated rings. The van der Waals surface area contributed by atoms with E-state index in [1.807, 2.05) is 0 Å². The van der Waals surface area contributed by atoms with E-state index in [-0.39, 0.29) is 11.4 Å². The third-order valence-electron chi connectivity index (χ3n) is 3.25. The van der Waals surface area contributed by atoms with Gasteiger partial charge in [0.15, 0.2) is 0 Å². The molecule has 0 radical (unpaired) electrons. The van der Waals surface area contributed by atoms with E-state index in [1.54, 1.807) is 43.3 Å². The Bertz CT molecular complexity index is 885. The van der Waals surface area contributed by atoms with E-state index < -0.39 is 21.6 Å². The van der Waals surface area contributed by atoms with Gasteiger partial charge in [0.1, 0.15) is 10.8 Å². The zero-order valence-electron chi connectivity index (χ0n) is 13.7. The summed E-state index contributed by atoms with van der Waals surface area (Å²) < 4.78 is 21.5. The number of nitrogens with zero attached hydrogens (tertiary/aromatic N) is 2. The lowest BCUT2D eigenvalue weighted by molar-refractivity contribution is -0.132. The van der Waals surface area contributed by atoms with Crippen LogP contribution in [0.2, 0.25) is 0 Å². The highest BCUT2D eigenvalue weighted by atomic mass is 32.2. The average molecular weight is 346 g/mol. The Labute approximate surface area is 141 Å². The number of ether oxygens (including phenoxy) is 1. The first-order valence-corrected chi connectivity index (χ1v) is 9.15. The molecule has 0 bridgehead atoms. The molecule has 0 aliphatic rings. The van der Waals surface area contributed by atoms with Crippen LogP contribution in [0.25, 0.3) is 0 Å². The molecule has 0 spiro atoms. The number of rotatable bonds is 4. The van der Waals surface area contributed by atoms with Crippen molar-refractivity contribution in [2.24, 2.45) is 4.36 Å². The van der Waals surface area contributed by atoms with Crippen LogP contribution < -0.4 is 4.74 Å². The molecule has 1 aromatic heterocycles. The molecule has 2 aromatic rings. The Kier molecular flexibility index (Phi) is 5.46. The monoisotopic (exact) mass is 346 g/mol. The molecular formula is C17H18N2O4S. The molecule has 1 heterocycles. The van der Waals surface area contributed by atoms with Crippen LogP contribution in [0.3, 0.4) is 0 Å². The third-order valence-corrected chi connectivity index (χ3v) is 4.82. The lowest BCUT2D eigenvalue weighted by Crippen LogP contribution is -2.10. The Morgan fingerprint density at radius 2 is 1.96 bits per heavy atom. The van der Waals surface area contributed by atoms with E-state index in [1.165, 1.54) is 19.4 Å². The lowest BCUT2D eigenvalue weighted by atomic mass is 10.0. The predicted octanol–water partition coefficient (Wildman–Crippen LogP) is 2.54. The van der Waals surface area contributed by atoms with E-state index in [2.05, 4.69) is 9.35 Å². The molecule has 0 saturated heterocycles. The average Bonchev–Trinajstić information content (AvgIpc) is 2.50. The molecule has 0 aliphatic heterocycles. The van der Waals surface area contributed by atoms with E-state index in [9.17, 15) is 13.8 Å². The molecule has 0 N–H and O–H groups in total. The van der Waals surface area contributed by atoms with Gasteiger partial charge in [-0.15, -0.1) is 0 Å². The summed E-state index contributed by atoms with van der Waals surface area (Å²) in [4.78, 5) is 27.5. The van der Waals surface area contributed by atoms with E-state index in [0.29, 0.717) is 11.3 Å². The summed E-state index contributed by atoms with van der Waals surface area (Å²) in [6.45, 7) is 3.09. The highest BCUT2D eigenvalue weighted by Gasteiger charge is 2.15. The van der Waals surface area contributed by atoms with Crippen molar-refractivity contribution in [2.75, 3.05) is 6.26 Å². The number of benzene rings is 1. The molecule has 2 rings (SSSR count). The molecule has 1 unspecified atom stereocenters. The van der Waals surface area contributed by atoms with Gasteiger partial charge in [-0.2, -0.15) is 4.36 Å². The minimum Gasteiger partial charge on any atom is -0.426 e. The molecule has 7 heteroatoms. The van der Waals surface area contributed by atoms with Gasteiger partial charge < -0.3 is 4.74 Å². The topological polar surface area (TPSA) is 85.7 Å². The number of aryl methyl sites for hydroxylation is 1. The number of carbonyl (C=O) groups is 2. The number of hydrogen-bond acceptors (Lipinski definition) is 5. The zero-order chi connectivity index (χ0) is 17.7. The smallest absolute Gasteiger partial charge is 0.308 e. The summed E-state index contributed by atoms with van der Waals surface area (Å²) >= 11 is 0. The minimum absolute atomic E-state index is 0.104. The third kappa shape index (κ3) is 4.48. The summed E-state index contributed by atoms with van der Waals surface area (Å²) in [6, 6.07) is 10.1. The van der Waals surface area contributed by atoms with Crippen LogP contribution in [0.1, 0.15) is 18.1 Å². The van der Waals surface area contributed by atoms with Crippen molar-refractivity contribution in [3.8, 4) is 5.75 Å². The first-order valence-electron chi connectivity index (χ1n) is 7.22. The fourth-order valence-corrected chi connectivity index (χ4v) is 3.28. The van der Waals surface area contributed by atoms with Gasteiger partial charge in [-0.1, -0.05) is 18.2 Å². The molecule has 126 valence electrons. The summed E-state index contributed by atoms with van der Waals surface area (Å²) in [7, 11) is -2.92. The minimum atomic E-state index is -2.92. The second kappa shape index (κ2) is 7.35. The molecule has 1 amide bonds. The highest BCUT2D eigenvalue weighted by Crippen LogP contribution is 2.23. The van der Waals surface area contributed by atoms with E-state index in [4.69, 9.17) is 4.74 Å². The van der Waals surface area contributed by atoms with Crippen LogP contribution in [-0.4, -0.2) is 27.3 Å². The van der Waals surface area contributed by atoms with Crippen molar-refractivity contribution in [1.29, 1.82) is 0 Å². The quantitative estimate of drug-likeness (QED) is 0.627. The maximum Gasteiger partial charge on any atom is 0.308 e. The van der Waals surface area contributed by atoms with Crippen molar-refractivity contribution in [3.63, 3.8) is 0 Å². The molecule has 0 saturated carbocycles. The maximum absolute atomic E-state index is 12.6. The standard InChI is InChI=1S/C17H18N2O4S/c1-12-7-6-8-15(23-13(2)20)14(12)11-16(21)19-24(3,22)17-9-4-5-10-18-17/h4-10H,11H2,1-3H3. The van der Waals surface area contributed by atoms with Crippen molar-refractivity contribution < 1.29 is 18.5 Å². The van der Waals surface area contributed by atoms with E-state index >= 15 is 0 Å². The van der Waals surface area contributed by atoms with Crippen LogP contribution in [-0.2, 0) is 25.7 Å². The molecule has 6 nitrogen and oxygen atoms in total. The number of amides is 1. The predicted molar refractivity (Wildman–Crippen MR) is 90.2 cm³/mol. The summed E-state index contributed by atoms with van der Waals surface area (Å²) in [5, 5.41) is 0.253. The van der Waals surface area contributed by atoms with Crippen LogP contribution in [0.5, 0.6) is 5.75 Å². The second-order valence-corrected chi connectivity index (χ2v) is 7.48. The lowest BCUT2D eigenvalue weighted by Gasteiger charge is -2.10. The van der Waals surface area contributed by atoms with Crippen molar-refractivity contribution in [2.45, 2.75) is 25.3 Å². The Hall–Kier alpha value is -2.54. The zero-order valence-corrected chi connectivity index (χ0v) is 14.5. The number of aromatic nitrogens is 1. The van der Waals surface area contributed by atoms with Crippen molar-refractivity contribution in [1.82, 2.24) is 4.98 Å². The van der Waals surface area contributed by atoms with Gasteiger partial charge in [-0.05, 0) is 30.7 Å². The number of hydrogen-bond donors (Lipinski definition) is 0. The van der Waals surface area contributed by atoms with Gasteiger partial charge in [0, 0.05) is 24.9 Å². The van der Waals surface area contributed by atoms with Crippen molar-refractivity contribution in [3.05, 3.63) is 53.7 Å².